The van der Waals surface area contributed by atoms with Crippen molar-refractivity contribution in [1.82, 2.24) is 10.2 Å². The number of amides is 2. The first-order valence-electron chi connectivity index (χ1n) is 9.65. The fourth-order valence-electron chi connectivity index (χ4n) is 2.71. The van der Waals surface area contributed by atoms with Gasteiger partial charge in [-0.1, -0.05) is 31.7 Å². The number of carbonyl (C=O) groups is 2. The highest BCUT2D eigenvalue weighted by atomic mass is 32.2. The van der Waals surface area contributed by atoms with Gasteiger partial charge < -0.3 is 19.7 Å². The largest absolute Gasteiger partial charge is 0.490 e. The Morgan fingerprint density at radius 2 is 1.93 bits per heavy atom. The van der Waals surface area contributed by atoms with Crippen LogP contribution in [0.5, 0.6) is 11.5 Å². The summed E-state index contributed by atoms with van der Waals surface area (Å²) in [5.74, 6) is 2.19. The van der Waals surface area contributed by atoms with E-state index in [0.29, 0.717) is 31.9 Å². The monoisotopic (exact) mass is 394 g/mol. The number of hydrogen-bond acceptors (Lipinski definition) is 5. The summed E-state index contributed by atoms with van der Waals surface area (Å²) >= 11 is 1.31. The van der Waals surface area contributed by atoms with E-state index in [0.717, 1.165) is 36.5 Å². The van der Waals surface area contributed by atoms with Crippen LogP contribution in [0.4, 0.5) is 4.79 Å². The van der Waals surface area contributed by atoms with E-state index < -0.39 is 0 Å². The fraction of sp³-hybridized carbons (Fsp3) is 0.600. The lowest BCUT2D eigenvalue weighted by Gasteiger charge is -2.19. The summed E-state index contributed by atoms with van der Waals surface area (Å²) < 4.78 is 11.6. The number of benzene rings is 1. The summed E-state index contributed by atoms with van der Waals surface area (Å²) in [5.41, 5.74) is 0.964. The number of rotatable bonds is 11. The van der Waals surface area contributed by atoms with Crippen molar-refractivity contribution in [3.8, 4) is 11.5 Å². The van der Waals surface area contributed by atoms with Gasteiger partial charge in [0.15, 0.2) is 11.5 Å². The van der Waals surface area contributed by atoms with E-state index in [1.807, 2.05) is 25.1 Å². The van der Waals surface area contributed by atoms with Crippen molar-refractivity contribution >= 4 is 22.9 Å². The predicted octanol–water partition coefficient (Wildman–Crippen LogP) is 4.00. The number of thioether (sulfide) groups is 1. The first-order chi connectivity index (χ1) is 13.0. The van der Waals surface area contributed by atoms with E-state index in [2.05, 4.69) is 19.2 Å². The molecule has 7 heteroatoms. The van der Waals surface area contributed by atoms with Gasteiger partial charge in [-0.05, 0) is 37.5 Å². The Hall–Kier alpha value is -1.89. The van der Waals surface area contributed by atoms with E-state index in [4.69, 9.17) is 9.47 Å². The van der Waals surface area contributed by atoms with Gasteiger partial charge in [0.1, 0.15) is 0 Å². The maximum Gasteiger partial charge on any atom is 0.281 e. The van der Waals surface area contributed by atoms with Gasteiger partial charge in [0.2, 0.25) is 5.91 Å². The van der Waals surface area contributed by atoms with Crippen molar-refractivity contribution in [3.63, 3.8) is 0 Å². The highest BCUT2D eigenvalue weighted by Crippen LogP contribution is 2.31. The normalized spacial score (nSPS) is 14.9. The molecule has 1 aliphatic heterocycles. The summed E-state index contributed by atoms with van der Waals surface area (Å²) in [6, 6.07) is 5.64. The zero-order valence-electron chi connectivity index (χ0n) is 16.5. The third-order valence-corrected chi connectivity index (χ3v) is 5.11. The topological polar surface area (TPSA) is 67.9 Å². The lowest BCUT2D eigenvalue weighted by molar-refractivity contribution is -0.121. The van der Waals surface area contributed by atoms with Gasteiger partial charge in [-0.3, -0.25) is 9.59 Å². The zero-order valence-corrected chi connectivity index (χ0v) is 17.3. The van der Waals surface area contributed by atoms with E-state index in [1.165, 1.54) is 11.8 Å². The molecule has 1 unspecified atom stereocenters. The Morgan fingerprint density at radius 3 is 2.56 bits per heavy atom. The summed E-state index contributed by atoms with van der Waals surface area (Å²) in [7, 11) is 0. The van der Waals surface area contributed by atoms with Crippen molar-refractivity contribution in [2.75, 3.05) is 32.1 Å². The summed E-state index contributed by atoms with van der Waals surface area (Å²) in [6.07, 6.45) is 2.16. The molecule has 1 saturated heterocycles. The summed E-state index contributed by atoms with van der Waals surface area (Å²) in [6.45, 7) is 8.52. The molecule has 1 aliphatic rings. The second-order valence-corrected chi connectivity index (χ2v) is 7.59. The van der Waals surface area contributed by atoms with E-state index in [1.54, 1.807) is 4.90 Å². The van der Waals surface area contributed by atoms with Gasteiger partial charge in [0.05, 0.1) is 19.3 Å². The summed E-state index contributed by atoms with van der Waals surface area (Å²) in [5, 5.41) is 3.07. The van der Waals surface area contributed by atoms with Gasteiger partial charge in [-0.2, -0.15) is 0 Å². The van der Waals surface area contributed by atoms with Crippen LogP contribution in [0.15, 0.2) is 18.2 Å². The van der Waals surface area contributed by atoms with E-state index in [9.17, 15) is 9.59 Å². The molecule has 27 heavy (non-hydrogen) atoms. The quantitative estimate of drug-likeness (QED) is 0.614. The molecular formula is C20H30N2O4S. The molecule has 0 aliphatic carbocycles. The van der Waals surface area contributed by atoms with Crippen molar-refractivity contribution < 1.29 is 19.1 Å². The second kappa shape index (κ2) is 11.1. The first kappa shape index (κ1) is 21.4. The summed E-state index contributed by atoms with van der Waals surface area (Å²) in [4.78, 5) is 25.6. The van der Waals surface area contributed by atoms with Gasteiger partial charge in [0.25, 0.3) is 5.24 Å². The minimum absolute atomic E-state index is 0.0606. The standard InChI is InChI=1S/C20H30N2O4S/c1-4-11-25-17-7-6-16(14-18(17)26-12-5-2)15(3)21-19(23)8-9-22-10-13-27-20(22)24/h6-7,14-15H,4-5,8-13H2,1-3H3,(H,21,23). The molecule has 0 aromatic heterocycles. The maximum absolute atomic E-state index is 12.2. The molecule has 6 nitrogen and oxygen atoms in total. The molecule has 2 amide bonds. The number of nitrogens with one attached hydrogen (secondary N) is 1. The lowest BCUT2D eigenvalue weighted by Crippen LogP contribution is -2.32. The SMILES string of the molecule is CCCOc1ccc(C(C)NC(=O)CCN2CCSC2=O)cc1OCCC. The Morgan fingerprint density at radius 1 is 1.22 bits per heavy atom. The third-order valence-electron chi connectivity index (χ3n) is 4.22. The molecule has 1 N–H and O–H groups in total. The zero-order chi connectivity index (χ0) is 19.6. The maximum atomic E-state index is 12.2. The molecule has 1 heterocycles. The van der Waals surface area contributed by atoms with Gasteiger partial charge in [-0.15, -0.1) is 0 Å². The van der Waals surface area contributed by atoms with Crippen LogP contribution in [0, 0.1) is 0 Å². The molecule has 1 aromatic rings. The Labute approximate surface area is 166 Å². The highest BCUT2D eigenvalue weighted by molar-refractivity contribution is 8.13. The minimum atomic E-state index is -0.148. The molecule has 0 radical (unpaired) electrons. The van der Waals surface area contributed by atoms with Gasteiger partial charge >= 0.3 is 0 Å². The minimum Gasteiger partial charge on any atom is -0.490 e. The first-order valence-corrected chi connectivity index (χ1v) is 10.6. The molecule has 0 spiro atoms. The fourth-order valence-corrected chi connectivity index (χ4v) is 3.56. The number of carbonyl (C=O) groups excluding carboxylic acids is 2. The molecular weight excluding hydrogens is 364 g/mol. The molecule has 0 saturated carbocycles. The predicted molar refractivity (Wildman–Crippen MR) is 109 cm³/mol. The Kier molecular flexibility index (Phi) is 8.78. The van der Waals surface area contributed by atoms with E-state index >= 15 is 0 Å². The number of nitrogens with zero attached hydrogens (tertiary/aromatic N) is 1. The van der Waals surface area contributed by atoms with Crippen molar-refractivity contribution in [2.45, 2.75) is 46.1 Å². The van der Waals surface area contributed by atoms with Crippen LogP contribution in [-0.2, 0) is 4.79 Å². The van der Waals surface area contributed by atoms with E-state index in [-0.39, 0.29) is 17.2 Å². The van der Waals surface area contributed by atoms with Crippen LogP contribution >= 0.6 is 11.8 Å². The molecule has 150 valence electrons. The number of ether oxygens (including phenoxy) is 2. The molecule has 2 rings (SSSR count). The van der Waals surface area contributed by atoms with Gasteiger partial charge in [-0.25, -0.2) is 0 Å². The van der Waals surface area contributed by atoms with Gasteiger partial charge in [0, 0.05) is 25.3 Å². The molecule has 0 bridgehead atoms. The highest BCUT2D eigenvalue weighted by Gasteiger charge is 2.22. The molecule has 1 aromatic carbocycles. The average molecular weight is 395 g/mol. The lowest BCUT2D eigenvalue weighted by atomic mass is 10.1. The molecule has 1 atom stereocenters. The second-order valence-electron chi connectivity index (χ2n) is 6.54. The van der Waals surface area contributed by atoms with Crippen LogP contribution in [0.1, 0.15) is 51.6 Å². The average Bonchev–Trinajstić information content (AvgIpc) is 3.08. The number of hydrogen-bond donors (Lipinski definition) is 1. The van der Waals surface area contributed by atoms with Crippen LogP contribution < -0.4 is 14.8 Å². The van der Waals surface area contributed by atoms with Crippen LogP contribution in [0.25, 0.3) is 0 Å². The van der Waals surface area contributed by atoms with Crippen LogP contribution in [0.3, 0.4) is 0 Å². The Balaban J connectivity index is 1.94. The molecule has 1 fully saturated rings. The third kappa shape index (κ3) is 6.65. The van der Waals surface area contributed by atoms with Crippen molar-refractivity contribution in [3.05, 3.63) is 23.8 Å². The Bertz CT molecular complexity index is 638. The van der Waals surface area contributed by atoms with Crippen LogP contribution in [-0.4, -0.2) is 48.1 Å². The smallest absolute Gasteiger partial charge is 0.281 e. The van der Waals surface area contributed by atoms with Crippen molar-refractivity contribution in [1.29, 1.82) is 0 Å². The van der Waals surface area contributed by atoms with Crippen LogP contribution in [0.2, 0.25) is 0 Å². The van der Waals surface area contributed by atoms with Crippen molar-refractivity contribution in [2.24, 2.45) is 0 Å².